The Hall–Kier alpha value is -3.38. The summed E-state index contributed by atoms with van der Waals surface area (Å²) < 4.78 is 7.67. The monoisotopic (exact) mass is 426 g/mol. The van der Waals surface area contributed by atoms with E-state index in [1.807, 2.05) is 48.9 Å². The molecule has 5 rings (SSSR count). The van der Waals surface area contributed by atoms with Gasteiger partial charge in [0.15, 0.2) is 5.82 Å². The first-order valence-electron chi connectivity index (χ1n) is 10.3. The molecule has 5 nitrogen and oxygen atoms in total. The van der Waals surface area contributed by atoms with E-state index in [2.05, 4.69) is 58.7 Å². The minimum absolute atomic E-state index is 0.113. The van der Waals surface area contributed by atoms with Crippen LogP contribution in [0, 0.1) is 0 Å². The van der Waals surface area contributed by atoms with Gasteiger partial charge in [-0.05, 0) is 42.7 Å². The summed E-state index contributed by atoms with van der Waals surface area (Å²) in [6.45, 7) is 4.03. The maximum absolute atomic E-state index is 5.84. The molecule has 1 aliphatic rings. The fourth-order valence-electron chi connectivity index (χ4n) is 3.52. The zero-order valence-electron chi connectivity index (χ0n) is 17.4. The molecule has 31 heavy (non-hydrogen) atoms. The topological polar surface area (TPSA) is 52.3 Å². The van der Waals surface area contributed by atoms with Crippen LogP contribution in [0.15, 0.2) is 89.1 Å². The average molecular weight is 427 g/mol. The molecule has 4 aromatic rings. The lowest BCUT2D eigenvalue weighted by atomic mass is 10.0. The third-order valence-corrected chi connectivity index (χ3v) is 5.89. The first-order valence-corrected chi connectivity index (χ1v) is 11.2. The predicted octanol–water partition coefficient (Wildman–Crippen LogP) is 5.76. The lowest BCUT2D eigenvalue weighted by Gasteiger charge is -2.15. The van der Waals surface area contributed by atoms with E-state index >= 15 is 0 Å². The molecule has 0 aliphatic carbocycles. The summed E-state index contributed by atoms with van der Waals surface area (Å²) in [6.07, 6.45) is 0.113. The molecule has 0 saturated heterocycles. The van der Waals surface area contributed by atoms with E-state index in [-0.39, 0.29) is 6.10 Å². The van der Waals surface area contributed by atoms with Gasteiger partial charge < -0.3 is 4.74 Å². The van der Waals surface area contributed by atoms with Gasteiger partial charge in [0.25, 0.3) is 0 Å². The molecule has 0 atom stereocenters. The second-order valence-electron chi connectivity index (χ2n) is 7.59. The van der Waals surface area contributed by atoms with Crippen LogP contribution in [0.4, 0.5) is 0 Å². The molecule has 0 radical (unpaired) electrons. The standard InChI is InChI=1S/C25H22N4OS/c1-17(2)30-22-10-6-9-21(15-22)24-26-27-25-29(24)28-23(16-31-25)20-13-11-19(12-14-20)18-7-4-3-5-8-18/h3-15,17H,16H2,1-2H3. The molecular weight excluding hydrogens is 404 g/mol. The summed E-state index contributed by atoms with van der Waals surface area (Å²) in [5, 5.41) is 14.4. The fraction of sp³-hybridized carbons (Fsp3) is 0.160. The smallest absolute Gasteiger partial charge is 0.212 e. The van der Waals surface area contributed by atoms with Gasteiger partial charge in [0.05, 0.1) is 11.8 Å². The Labute approximate surface area is 185 Å². The minimum Gasteiger partial charge on any atom is -0.491 e. The van der Waals surface area contributed by atoms with Gasteiger partial charge in [-0.3, -0.25) is 0 Å². The number of aromatic nitrogens is 3. The Morgan fingerprint density at radius 2 is 1.52 bits per heavy atom. The largest absolute Gasteiger partial charge is 0.491 e. The molecule has 0 spiro atoms. The van der Waals surface area contributed by atoms with Crippen molar-refractivity contribution in [2.24, 2.45) is 5.10 Å². The highest BCUT2D eigenvalue weighted by Crippen LogP contribution is 2.30. The van der Waals surface area contributed by atoms with E-state index in [0.29, 0.717) is 0 Å². The van der Waals surface area contributed by atoms with Crippen molar-refractivity contribution < 1.29 is 4.74 Å². The van der Waals surface area contributed by atoms with Gasteiger partial charge in [0, 0.05) is 11.3 Å². The highest BCUT2D eigenvalue weighted by Gasteiger charge is 2.21. The Morgan fingerprint density at radius 1 is 0.806 bits per heavy atom. The molecular formula is C25H22N4OS. The summed E-state index contributed by atoms with van der Waals surface area (Å²) in [6, 6.07) is 26.9. The zero-order valence-corrected chi connectivity index (χ0v) is 18.2. The van der Waals surface area contributed by atoms with E-state index in [0.717, 1.165) is 39.3 Å². The Bertz CT molecular complexity index is 1230. The lowest BCUT2D eigenvalue weighted by molar-refractivity contribution is 0.242. The second kappa shape index (κ2) is 8.40. The van der Waals surface area contributed by atoms with Crippen LogP contribution in [-0.2, 0) is 0 Å². The van der Waals surface area contributed by atoms with Crippen molar-refractivity contribution in [1.82, 2.24) is 14.9 Å². The van der Waals surface area contributed by atoms with Gasteiger partial charge in [-0.25, -0.2) is 0 Å². The Kier molecular flexibility index (Phi) is 5.30. The highest BCUT2D eigenvalue weighted by atomic mass is 32.2. The summed E-state index contributed by atoms with van der Waals surface area (Å²) in [4.78, 5) is 0. The molecule has 1 aliphatic heterocycles. The van der Waals surface area contributed by atoms with Crippen molar-refractivity contribution in [1.29, 1.82) is 0 Å². The summed E-state index contributed by atoms with van der Waals surface area (Å²) in [5.74, 6) is 2.29. The number of thioether (sulfide) groups is 1. The average Bonchev–Trinajstić information content (AvgIpc) is 3.23. The van der Waals surface area contributed by atoms with Crippen LogP contribution in [-0.4, -0.2) is 32.4 Å². The second-order valence-corrected chi connectivity index (χ2v) is 8.53. The predicted molar refractivity (Wildman–Crippen MR) is 126 cm³/mol. The van der Waals surface area contributed by atoms with Gasteiger partial charge in [-0.15, -0.1) is 10.2 Å². The van der Waals surface area contributed by atoms with Crippen LogP contribution in [0.1, 0.15) is 19.4 Å². The Morgan fingerprint density at radius 3 is 2.29 bits per heavy atom. The molecule has 1 aromatic heterocycles. The number of ether oxygens (including phenoxy) is 1. The van der Waals surface area contributed by atoms with Crippen LogP contribution >= 0.6 is 11.8 Å². The molecule has 0 amide bonds. The molecule has 0 N–H and O–H groups in total. The number of rotatable bonds is 5. The third-order valence-electron chi connectivity index (χ3n) is 4.96. The first-order chi connectivity index (χ1) is 15.2. The Balaban J connectivity index is 1.46. The maximum Gasteiger partial charge on any atom is 0.212 e. The number of hydrogen-bond donors (Lipinski definition) is 0. The van der Waals surface area contributed by atoms with Crippen LogP contribution in [0.2, 0.25) is 0 Å². The van der Waals surface area contributed by atoms with Gasteiger partial charge in [0.2, 0.25) is 5.16 Å². The van der Waals surface area contributed by atoms with Gasteiger partial charge >= 0.3 is 0 Å². The van der Waals surface area contributed by atoms with Crippen LogP contribution in [0.3, 0.4) is 0 Å². The van der Waals surface area contributed by atoms with Crippen molar-refractivity contribution in [2.75, 3.05) is 5.75 Å². The van der Waals surface area contributed by atoms with Crippen molar-refractivity contribution in [2.45, 2.75) is 25.1 Å². The molecule has 6 heteroatoms. The molecule has 3 aromatic carbocycles. The highest BCUT2D eigenvalue weighted by molar-refractivity contribution is 7.99. The van der Waals surface area contributed by atoms with Crippen molar-refractivity contribution in [3.8, 4) is 28.3 Å². The van der Waals surface area contributed by atoms with Gasteiger partial charge in [0.1, 0.15) is 5.75 Å². The molecule has 0 saturated carbocycles. The molecule has 2 heterocycles. The van der Waals surface area contributed by atoms with E-state index < -0.39 is 0 Å². The SMILES string of the molecule is CC(C)Oc1cccc(-c2nnc3n2N=C(c2ccc(-c4ccccc4)cc2)CS3)c1. The van der Waals surface area contributed by atoms with Gasteiger partial charge in [-0.1, -0.05) is 78.5 Å². The third kappa shape index (κ3) is 4.11. The molecule has 0 unspecified atom stereocenters. The summed E-state index contributed by atoms with van der Waals surface area (Å²) >= 11 is 1.65. The van der Waals surface area contributed by atoms with E-state index in [1.54, 1.807) is 11.8 Å². The normalized spacial score (nSPS) is 13.1. The molecule has 154 valence electrons. The number of benzene rings is 3. The van der Waals surface area contributed by atoms with Crippen molar-refractivity contribution in [3.63, 3.8) is 0 Å². The molecule has 0 fully saturated rings. The van der Waals surface area contributed by atoms with Crippen LogP contribution in [0.5, 0.6) is 5.75 Å². The zero-order chi connectivity index (χ0) is 21.2. The maximum atomic E-state index is 5.84. The van der Waals surface area contributed by atoms with E-state index in [9.17, 15) is 0 Å². The summed E-state index contributed by atoms with van der Waals surface area (Å²) in [7, 11) is 0. The number of nitrogens with zero attached hydrogens (tertiary/aromatic N) is 4. The minimum atomic E-state index is 0.113. The van der Waals surface area contributed by atoms with E-state index in [4.69, 9.17) is 9.84 Å². The number of fused-ring (bicyclic) bond motifs is 1. The van der Waals surface area contributed by atoms with E-state index in [1.165, 1.54) is 11.1 Å². The van der Waals surface area contributed by atoms with Gasteiger partial charge in [-0.2, -0.15) is 9.78 Å². The summed E-state index contributed by atoms with van der Waals surface area (Å²) in [5.41, 5.74) is 5.45. The fourth-order valence-corrected chi connectivity index (χ4v) is 4.35. The van der Waals surface area contributed by atoms with Crippen LogP contribution < -0.4 is 4.74 Å². The number of hydrogen-bond acceptors (Lipinski definition) is 5. The molecule has 0 bridgehead atoms. The van der Waals surface area contributed by atoms with Crippen molar-refractivity contribution >= 4 is 17.5 Å². The van der Waals surface area contributed by atoms with Crippen molar-refractivity contribution in [3.05, 3.63) is 84.4 Å². The first kappa shape index (κ1) is 19.6. The van der Waals surface area contributed by atoms with Crippen LogP contribution in [0.25, 0.3) is 22.5 Å². The quantitative estimate of drug-likeness (QED) is 0.407. The lowest BCUT2D eigenvalue weighted by Crippen LogP contribution is -2.13.